The van der Waals surface area contributed by atoms with E-state index in [0.717, 1.165) is 30.6 Å². The summed E-state index contributed by atoms with van der Waals surface area (Å²) in [4.78, 5) is 0.469. The zero-order valence-corrected chi connectivity index (χ0v) is 9.63. The number of sulfone groups is 1. The van der Waals surface area contributed by atoms with Crippen molar-refractivity contribution < 1.29 is 8.42 Å². The lowest BCUT2D eigenvalue weighted by Crippen LogP contribution is -2.09. The van der Waals surface area contributed by atoms with E-state index in [1.807, 2.05) is 12.1 Å². The first-order valence-corrected chi connectivity index (χ1v) is 7.00. The summed E-state index contributed by atoms with van der Waals surface area (Å²) in [6, 6.07) is 7.27. The molecule has 1 aromatic carbocycles. The second kappa shape index (κ2) is 3.43. The quantitative estimate of drug-likeness (QED) is 0.801. The molecule has 2 aliphatic rings. The molecule has 2 aliphatic heterocycles. The molecule has 1 N–H and O–H groups in total. The molecule has 0 spiro atoms. The Kier molecular flexibility index (Phi) is 2.16. The topological polar surface area (TPSA) is 46.2 Å². The Labute approximate surface area is 95.1 Å². The highest BCUT2D eigenvalue weighted by Crippen LogP contribution is 2.39. The summed E-state index contributed by atoms with van der Waals surface area (Å²) < 4.78 is 23.8. The molecule has 1 fully saturated rings. The number of fused-ring (bicyclic) bond motifs is 1. The second-order valence-electron chi connectivity index (χ2n) is 4.30. The van der Waals surface area contributed by atoms with Gasteiger partial charge in [-0.1, -0.05) is 18.2 Å². The van der Waals surface area contributed by atoms with E-state index in [9.17, 15) is 8.42 Å². The molecule has 3 nitrogen and oxygen atoms in total. The minimum Gasteiger partial charge on any atom is -0.316 e. The molecule has 0 bridgehead atoms. The van der Waals surface area contributed by atoms with E-state index in [2.05, 4.69) is 5.32 Å². The number of hydrogen-bond acceptors (Lipinski definition) is 3. The third kappa shape index (κ3) is 1.41. The Bertz CT molecular complexity index is 554. The molecule has 1 aromatic rings. The average Bonchev–Trinajstić information content (AvgIpc) is 2.86. The maximum Gasteiger partial charge on any atom is 0.200 e. The van der Waals surface area contributed by atoms with Crippen LogP contribution >= 0.6 is 0 Å². The molecule has 4 heteroatoms. The molecule has 0 aliphatic carbocycles. The van der Waals surface area contributed by atoms with Crippen molar-refractivity contribution in [3.8, 4) is 0 Å². The number of benzene rings is 1. The number of nitrogens with one attached hydrogen (secondary N) is 1. The molecule has 2 heterocycles. The first kappa shape index (κ1) is 10.1. The summed E-state index contributed by atoms with van der Waals surface area (Å²) in [6.07, 6.45) is 1.02. The Morgan fingerprint density at radius 2 is 2.06 bits per heavy atom. The van der Waals surface area contributed by atoms with Gasteiger partial charge in [0.1, 0.15) is 0 Å². The van der Waals surface area contributed by atoms with Gasteiger partial charge in [0.15, 0.2) is 0 Å². The van der Waals surface area contributed by atoms with E-state index in [-0.39, 0.29) is 0 Å². The van der Waals surface area contributed by atoms with Gasteiger partial charge in [-0.3, -0.25) is 0 Å². The molecular formula is C12H13NO2S. The summed E-state index contributed by atoms with van der Waals surface area (Å²) >= 11 is 0. The molecular weight excluding hydrogens is 222 g/mol. The van der Waals surface area contributed by atoms with Crippen molar-refractivity contribution in [3.05, 3.63) is 35.2 Å². The third-order valence-electron chi connectivity index (χ3n) is 3.29. The van der Waals surface area contributed by atoms with Crippen LogP contribution in [0.1, 0.15) is 12.0 Å². The van der Waals surface area contributed by atoms with Gasteiger partial charge in [-0.2, -0.15) is 0 Å². The average molecular weight is 235 g/mol. The van der Waals surface area contributed by atoms with Crippen LogP contribution in [0.4, 0.5) is 0 Å². The highest BCUT2D eigenvalue weighted by atomic mass is 32.2. The van der Waals surface area contributed by atoms with Gasteiger partial charge in [0.25, 0.3) is 0 Å². The summed E-state index contributed by atoms with van der Waals surface area (Å²) in [5.41, 5.74) is 1.89. The van der Waals surface area contributed by atoms with Crippen LogP contribution in [0.5, 0.6) is 0 Å². The molecule has 16 heavy (non-hydrogen) atoms. The molecule has 1 saturated heterocycles. The first-order chi connectivity index (χ1) is 7.68. The van der Waals surface area contributed by atoms with Crippen LogP contribution in [0.2, 0.25) is 0 Å². The van der Waals surface area contributed by atoms with E-state index in [1.165, 1.54) is 5.41 Å². The van der Waals surface area contributed by atoms with Crippen molar-refractivity contribution in [1.29, 1.82) is 0 Å². The normalized spacial score (nSPS) is 26.5. The van der Waals surface area contributed by atoms with Gasteiger partial charge in [-0.15, -0.1) is 0 Å². The fourth-order valence-corrected chi connectivity index (χ4v) is 4.02. The minimum absolute atomic E-state index is 0.346. The lowest BCUT2D eigenvalue weighted by Gasteiger charge is -2.10. The zero-order valence-electron chi connectivity index (χ0n) is 8.81. The second-order valence-corrected chi connectivity index (χ2v) is 6.07. The zero-order chi connectivity index (χ0) is 11.2. The largest absolute Gasteiger partial charge is 0.316 e. The summed E-state index contributed by atoms with van der Waals surface area (Å²) in [6.45, 7) is 1.86. The Morgan fingerprint density at radius 1 is 1.25 bits per heavy atom. The van der Waals surface area contributed by atoms with Crippen LogP contribution in [0.15, 0.2) is 34.6 Å². The highest BCUT2D eigenvalue weighted by Gasteiger charge is 2.31. The molecule has 84 valence electrons. The Balaban J connectivity index is 2.15. The lowest BCUT2D eigenvalue weighted by molar-refractivity contribution is 0.605. The van der Waals surface area contributed by atoms with E-state index in [4.69, 9.17) is 0 Å². The standard InChI is InChI=1S/C12H13NO2S/c14-16(15)8-11(9-5-6-13-7-9)10-3-1-2-4-12(10)16/h1-4,8-9,13H,5-7H2. The molecule has 0 amide bonds. The predicted octanol–water partition coefficient (Wildman–Crippen LogP) is 1.42. The first-order valence-electron chi connectivity index (χ1n) is 5.45. The van der Waals surface area contributed by atoms with Gasteiger partial charge >= 0.3 is 0 Å². The molecule has 1 unspecified atom stereocenters. The van der Waals surface area contributed by atoms with Gasteiger partial charge in [-0.05, 0) is 36.1 Å². The van der Waals surface area contributed by atoms with Gasteiger partial charge < -0.3 is 5.32 Å². The monoisotopic (exact) mass is 235 g/mol. The minimum atomic E-state index is -3.18. The van der Waals surface area contributed by atoms with E-state index < -0.39 is 9.84 Å². The third-order valence-corrected chi connectivity index (χ3v) is 4.82. The van der Waals surface area contributed by atoms with Crippen molar-refractivity contribution in [2.45, 2.75) is 11.3 Å². The van der Waals surface area contributed by atoms with Crippen LogP contribution in [-0.4, -0.2) is 21.5 Å². The van der Waals surface area contributed by atoms with Crippen molar-refractivity contribution in [2.24, 2.45) is 5.92 Å². The van der Waals surface area contributed by atoms with Gasteiger partial charge in [0, 0.05) is 12.0 Å². The van der Waals surface area contributed by atoms with E-state index in [1.54, 1.807) is 12.1 Å². The van der Waals surface area contributed by atoms with Gasteiger partial charge in [0.2, 0.25) is 9.84 Å². The number of rotatable bonds is 1. The van der Waals surface area contributed by atoms with Crippen LogP contribution in [-0.2, 0) is 9.84 Å². The Morgan fingerprint density at radius 3 is 2.81 bits per heavy atom. The Hall–Kier alpha value is -1.13. The fraction of sp³-hybridized carbons (Fsp3) is 0.333. The molecule has 1 atom stereocenters. The maximum absolute atomic E-state index is 11.9. The van der Waals surface area contributed by atoms with Crippen molar-refractivity contribution >= 4 is 15.4 Å². The maximum atomic E-state index is 11.9. The molecule has 0 aromatic heterocycles. The van der Waals surface area contributed by atoms with E-state index in [0.29, 0.717) is 10.8 Å². The number of hydrogen-bond donors (Lipinski definition) is 1. The smallest absolute Gasteiger partial charge is 0.200 e. The van der Waals surface area contributed by atoms with E-state index >= 15 is 0 Å². The fourth-order valence-electron chi connectivity index (χ4n) is 2.48. The molecule has 0 saturated carbocycles. The van der Waals surface area contributed by atoms with Crippen molar-refractivity contribution in [3.63, 3.8) is 0 Å². The predicted molar refractivity (Wildman–Crippen MR) is 62.6 cm³/mol. The van der Waals surface area contributed by atoms with Crippen molar-refractivity contribution in [2.75, 3.05) is 13.1 Å². The highest BCUT2D eigenvalue weighted by molar-refractivity contribution is 7.95. The van der Waals surface area contributed by atoms with Gasteiger partial charge in [-0.25, -0.2) is 8.42 Å². The van der Waals surface area contributed by atoms with Crippen molar-refractivity contribution in [1.82, 2.24) is 5.32 Å². The van der Waals surface area contributed by atoms with Crippen LogP contribution < -0.4 is 5.32 Å². The molecule has 3 rings (SSSR count). The summed E-state index contributed by atoms with van der Waals surface area (Å²) in [7, 11) is -3.18. The van der Waals surface area contributed by atoms with Crippen LogP contribution in [0, 0.1) is 5.92 Å². The summed E-state index contributed by atoms with van der Waals surface area (Å²) in [5.74, 6) is 0.346. The van der Waals surface area contributed by atoms with Crippen LogP contribution in [0.3, 0.4) is 0 Å². The molecule has 0 radical (unpaired) electrons. The summed E-state index contributed by atoms with van der Waals surface area (Å²) in [5, 5.41) is 4.73. The van der Waals surface area contributed by atoms with Gasteiger partial charge in [0.05, 0.1) is 4.90 Å². The SMILES string of the molecule is O=S1(=O)C=C(C2CCNC2)c2ccccc21. The lowest BCUT2D eigenvalue weighted by atomic mass is 9.93. The van der Waals surface area contributed by atoms with Crippen LogP contribution in [0.25, 0.3) is 5.57 Å².